The molecule has 0 heterocycles. The minimum Gasteiger partial charge on any atom is -0.487 e. The van der Waals surface area contributed by atoms with Gasteiger partial charge in [-0.2, -0.15) is 0 Å². The van der Waals surface area contributed by atoms with Crippen LogP contribution in [-0.4, -0.2) is 25.8 Å². The van der Waals surface area contributed by atoms with E-state index in [1.165, 1.54) is 0 Å². The van der Waals surface area contributed by atoms with Crippen LogP contribution in [0.25, 0.3) is 0 Å². The molecule has 14 heavy (non-hydrogen) atoms. The predicted molar refractivity (Wildman–Crippen MR) is 48.5 cm³/mol. The van der Waals surface area contributed by atoms with Crippen molar-refractivity contribution >= 4 is 12.1 Å². The number of allylic oxidation sites excluding steroid dienone is 1. The highest BCUT2D eigenvalue weighted by atomic mass is 16.7. The lowest BCUT2D eigenvalue weighted by Crippen LogP contribution is -2.16. The Bertz CT molecular complexity index is 250. The molecule has 5 nitrogen and oxygen atoms in total. The molecule has 0 saturated heterocycles. The van der Waals surface area contributed by atoms with Gasteiger partial charge in [-0.1, -0.05) is 0 Å². The highest BCUT2D eigenvalue weighted by molar-refractivity contribution is 5.93. The standard InChI is InChI=1S/C9H14O5/c1-5-13-7(6(2)3)8(10)14-9(11)12-4/h5H2,1-4H3. The van der Waals surface area contributed by atoms with Crippen molar-refractivity contribution in [2.75, 3.05) is 13.7 Å². The van der Waals surface area contributed by atoms with E-state index in [2.05, 4.69) is 9.47 Å². The number of hydrogen-bond acceptors (Lipinski definition) is 5. The van der Waals surface area contributed by atoms with Crippen LogP contribution < -0.4 is 0 Å². The van der Waals surface area contributed by atoms with Gasteiger partial charge < -0.3 is 14.2 Å². The molecule has 0 bridgehead atoms. The molecule has 0 spiro atoms. The number of methoxy groups -OCH3 is 1. The highest BCUT2D eigenvalue weighted by Gasteiger charge is 2.18. The lowest BCUT2D eigenvalue weighted by atomic mass is 10.3. The van der Waals surface area contributed by atoms with Gasteiger partial charge in [0.05, 0.1) is 13.7 Å². The van der Waals surface area contributed by atoms with Crippen molar-refractivity contribution in [3.8, 4) is 0 Å². The maximum absolute atomic E-state index is 11.2. The third-order valence-corrected chi connectivity index (χ3v) is 1.27. The van der Waals surface area contributed by atoms with Crippen molar-refractivity contribution in [1.82, 2.24) is 0 Å². The van der Waals surface area contributed by atoms with E-state index in [-0.39, 0.29) is 5.76 Å². The zero-order chi connectivity index (χ0) is 11.1. The molecule has 0 fully saturated rings. The van der Waals surface area contributed by atoms with Gasteiger partial charge in [-0.3, -0.25) is 0 Å². The minimum absolute atomic E-state index is 0.0397. The maximum atomic E-state index is 11.2. The maximum Gasteiger partial charge on any atom is 0.516 e. The van der Waals surface area contributed by atoms with Crippen LogP contribution in [-0.2, 0) is 19.0 Å². The summed E-state index contributed by atoms with van der Waals surface area (Å²) in [6.07, 6.45) is -1.05. The fourth-order valence-electron chi connectivity index (χ4n) is 0.715. The zero-order valence-corrected chi connectivity index (χ0v) is 8.75. The van der Waals surface area contributed by atoms with Gasteiger partial charge in [0.25, 0.3) is 0 Å². The number of esters is 1. The predicted octanol–water partition coefficient (Wildman–Crippen LogP) is 1.63. The summed E-state index contributed by atoms with van der Waals surface area (Å²) in [6, 6.07) is 0. The summed E-state index contributed by atoms with van der Waals surface area (Å²) in [6.45, 7) is 5.43. The number of hydrogen-bond donors (Lipinski definition) is 0. The fraction of sp³-hybridized carbons (Fsp3) is 0.556. The summed E-state index contributed by atoms with van der Waals surface area (Å²) in [7, 11) is 1.12. The third kappa shape index (κ3) is 3.93. The molecule has 0 amide bonds. The largest absolute Gasteiger partial charge is 0.516 e. The van der Waals surface area contributed by atoms with Crippen molar-refractivity contribution < 1.29 is 23.8 Å². The Labute approximate surface area is 82.6 Å². The number of ether oxygens (including phenoxy) is 3. The molecule has 0 aliphatic carbocycles. The summed E-state index contributed by atoms with van der Waals surface area (Å²) in [5, 5.41) is 0. The van der Waals surface area contributed by atoms with E-state index in [9.17, 15) is 9.59 Å². The average molecular weight is 202 g/mol. The van der Waals surface area contributed by atoms with Crippen LogP contribution in [0.2, 0.25) is 0 Å². The lowest BCUT2D eigenvalue weighted by Gasteiger charge is -2.08. The molecule has 0 aromatic carbocycles. The van der Waals surface area contributed by atoms with E-state index < -0.39 is 12.1 Å². The van der Waals surface area contributed by atoms with Crippen molar-refractivity contribution in [1.29, 1.82) is 0 Å². The molecule has 0 saturated carbocycles. The topological polar surface area (TPSA) is 61.8 Å². The van der Waals surface area contributed by atoms with Gasteiger partial charge in [0.1, 0.15) is 0 Å². The van der Waals surface area contributed by atoms with Gasteiger partial charge in [-0.25, -0.2) is 9.59 Å². The minimum atomic E-state index is -1.05. The van der Waals surface area contributed by atoms with Gasteiger partial charge >= 0.3 is 12.1 Å². The molecule has 5 heteroatoms. The quantitative estimate of drug-likeness (QED) is 0.301. The lowest BCUT2D eigenvalue weighted by molar-refractivity contribution is -0.139. The van der Waals surface area contributed by atoms with E-state index in [1.54, 1.807) is 20.8 Å². The Morgan fingerprint density at radius 2 is 1.79 bits per heavy atom. The van der Waals surface area contributed by atoms with Gasteiger partial charge in [0.2, 0.25) is 5.76 Å². The summed E-state index contributed by atoms with van der Waals surface area (Å²) in [4.78, 5) is 21.8. The molecular weight excluding hydrogens is 188 g/mol. The van der Waals surface area contributed by atoms with Crippen LogP contribution in [0.5, 0.6) is 0 Å². The van der Waals surface area contributed by atoms with Crippen molar-refractivity contribution in [2.45, 2.75) is 20.8 Å². The third-order valence-electron chi connectivity index (χ3n) is 1.27. The Hall–Kier alpha value is -1.52. The Morgan fingerprint density at radius 1 is 1.21 bits per heavy atom. The molecule has 80 valence electrons. The first-order chi connectivity index (χ1) is 6.52. The van der Waals surface area contributed by atoms with E-state index in [1.807, 2.05) is 0 Å². The van der Waals surface area contributed by atoms with Gasteiger partial charge in [0, 0.05) is 0 Å². The van der Waals surface area contributed by atoms with Gasteiger partial charge in [-0.05, 0) is 26.3 Å². The van der Waals surface area contributed by atoms with Crippen LogP contribution in [0.4, 0.5) is 4.79 Å². The summed E-state index contributed by atoms with van der Waals surface area (Å²) < 4.78 is 13.5. The molecule has 0 N–H and O–H groups in total. The molecule has 0 aromatic heterocycles. The second kappa shape index (κ2) is 6.01. The van der Waals surface area contributed by atoms with Crippen LogP contribution in [0.1, 0.15) is 20.8 Å². The van der Waals surface area contributed by atoms with Crippen LogP contribution in [0.15, 0.2) is 11.3 Å². The zero-order valence-electron chi connectivity index (χ0n) is 8.75. The Kier molecular flexibility index (Phi) is 5.36. The van der Waals surface area contributed by atoms with E-state index >= 15 is 0 Å². The molecule has 0 aliphatic rings. The van der Waals surface area contributed by atoms with Crippen molar-refractivity contribution in [3.05, 3.63) is 11.3 Å². The smallest absolute Gasteiger partial charge is 0.487 e. The van der Waals surface area contributed by atoms with Gasteiger partial charge in [-0.15, -0.1) is 0 Å². The van der Waals surface area contributed by atoms with Crippen LogP contribution >= 0.6 is 0 Å². The monoisotopic (exact) mass is 202 g/mol. The average Bonchev–Trinajstić information content (AvgIpc) is 2.13. The van der Waals surface area contributed by atoms with E-state index in [0.717, 1.165) is 7.11 Å². The molecule has 0 unspecified atom stereocenters. The van der Waals surface area contributed by atoms with E-state index in [4.69, 9.17) is 4.74 Å². The Morgan fingerprint density at radius 3 is 2.14 bits per heavy atom. The Balaban J connectivity index is 4.47. The molecule has 0 radical (unpaired) electrons. The van der Waals surface area contributed by atoms with Crippen LogP contribution in [0.3, 0.4) is 0 Å². The summed E-state index contributed by atoms with van der Waals surface area (Å²) in [5.41, 5.74) is 0.640. The summed E-state index contributed by atoms with van der Waals surface area (Å²) >= 11 is 0. The first-order valence-corrected chi connectivity index (χ1v) is 4.13. The molecular formula is C9H14O5. The van der Waals surface area contributed by atoms with Crippen LogP contribution in [0, 0.1) is 0 Å². The summed E-state index contributed by atoms with van der Waals surface area (Å²) in [5.74, 6) is -0.795. The number of rotatable bonds is 3. The first kappa shape index (κ1) is 12.5. The fourth-order valence-corrected chi connectivity index (χ4v) is 0.715. The van der Waals surface area contributed by atoms with Gasteiger partial charge in [0.15, 0.2) is 0 Å². The van der Waals surface area contributed by atoms with Crippen molar-refractivity contribution in [2.24, 2.45) is 0 Å². The number of carbonyl (C=O) groups is 2. The molecule has 0 aromatic rings. The second-order valence-electron chi connectivity index (χ2n) is 2.61. The first-order valence-electron chi connectivity index (χ1n) is 4.13. The molecule has 0 atom stereocenters. The molecule has 0 rings (SSSR count). The van der Waals surface area contributed by atoms with Crippen molar-refractivity contribution in [3.63, 3.8) is 0 Å². The molecule has 0 aliphatic heterocycles. The second-order valence-corrected chi connectivity index (χ2v) is 2.61. The highest BCUT2D eigenvalue weighted by Crippen LogP contribution is 2.07. The number of carbonyl (C=O) groups excluding carboxylic acids is 2. The normalized spacial score (nSPS) is 8.86. The SMILES string of the molecule is CCOC(C(=O)OC(=O)OC)=C(C)C. The van der Waals surface area contributed by atoms with E-state index in [0.29, 0.717) is 12.2 Å².